The lowest BCUT2D eigenvalue weighted by atomic mass is 9.94. The van der Waals surface area contributed by atoms with Crippen molar-refractivity contribution in [3.05, 3.63) is 58.2 Å². The number of carbonyl (C=O) groups excluding carboxylic acids is 3. The van der Waals surface area contributed by atoms with Gasteiger partial charge in [0.2, 0.25) is 0 Å². The number of likely N-dealkylation sites (N-methyl/N-ethyl adjacent to an activating group) is 1. The number of nitrogens with one attached hydrogen (secondary N) is 1. The molecule has 3 heterocycles. The molecule has 9 heteroatoms. The zero-order valence-corrected chi connectivity index (χ0v) is 18.9. The second kappa shape index (κ2) is 9.35. The Hall–Kier alpha value is -3.46. The smallest absolute Gasteiger partial charge is 0.355 e. The molecule has 0 bridgehead atoms. The lowest BCUT2D eigenvalue weighted by molar-refractivity contribution is -0.140. The van der Waals surface area contributed by atoms with Crippen LogP contribution in [0, 0.1) is 13.8 Å². The Kier molecular flexibility index (Phi) is 6.78. The first-order valence-electron chi connectivity index (χ1n) is 10.4. The Morgan fingerprint density at radius 3 is 2.50 bits per heavy atom. The van der Waals surface area contributed by atoms with E-state index in [1.807, 2.05) is 19.0 Å². The van der Waals surface area contributed by atoms with Gasteiger partial charge in [0, 0.05) is 36.7 Å². The number of Topliss-reactive ketones (excluding diaryl/α,β-unsaturated/α-hetero) is 1. The molecule has 0 aliphatic carbocycles. The highest BCUT2D eigenvalue weighted by molar-refractivity contribution is 6.46. The van der Waals surface area contributed by atoms with E-state index in [4.69, 9.17) is 4.74 Å². The van der Waals surface area contributed by atoms with Gasteiger partial charge < -0.3 is 24.6 Å². The molecular formula is C23H28N4O5. The van der Waals surface area contributed by atoms with Crippen LogP contribution in [0.2, 0.25) is 0 Å². The molecule has 0 unspecified atom stereocenters. The third-order valence-corrected chi connectivity index (χ3v) is 5.50. The number of pyridine rings is 1. The monoisotopic (exact) mass is 440 g/mol. The number of esters is 1. The molecule has 0 saturated carbocycles. The number of ketones is 1. The van der Waals surface area contributed by atoms with Crippen LogP contribution in [0.4, 0.5) is 0 Å². The van der Waals surface area contributed by atoms with Crippen LogP contribution < -0.4 is 0 Å². The van der Waals surface area contributed by atoms with Gasteiger partial charge in [0.1, 0.15) is 11.5 Å². The number of aromatic nitrogens is 2. The van der Waals surface area contributed by atoms with Crippen molar-refractivity contribution in [2.24, 2.45) is 0 Å². The summed E-state index contributed by atoms with van der Waals surface area (Å²) in [5, 5.41) is 11.3. The van der Waals surface area contributed by atoms with E-state index in [1.165, 1.54) is 4.90 Å². The van der Waals surface area contributed by atoms with Crippen LogP contribution >= 0.6 is 0 Å². The molecule has 2 aromatic heterocycles. The average Bonchev–Trinajstić information content (AvgIpc) is 3.19. The highest BCUT2D eigenvalue weighted by Crippen LogP contribution is 2.40. The molecule has 1 saturated heterocycles. The molecule has 1 aliphatic heterocycles. The van der Waals surface area contributed by atoms with Gasteiger partial charge >= 0.3 is 5.97 Å². The van der Waals surface area contributed by atoms with E-state index in [-0.39, 0.29) is 23.6 Å². The van der Waals surface area contributed by atoms with Gasteiger partial charge in [-0.15, -0.1) is 0 Å². The molecule has 170 valence electrons. The minimum Gasteiger partial charge on any atom is -0.507 e. The zero-order chi connectivity index (χ0) is 23.6. The number of aliphatic hydroxyl groups excluding tert-OH is 1. The van der Waals surface area contributed by atoms with Crippen molar-refractivity contribution < 1.29 is 24.2 Å². The SMILES string of the molecule is CCOC(=O)c1[nH]c(C)c(/C(O)=C2\C(=O)C(=O)N(CCN(C)C)[C@H]2c2ccncc2)c1C. The molecule has 3 rings (SSSR count). The van der Waals surface area contributed by atoms with Crippen molar-refractivity contribution in [1.29, 1.82) is 0 Å². The van der Waals surface area contributed by atoms with Gasteiger partial charge in [0.05, 0.1) is 18.2 Å². The number of hydrogen-bond acceptors (Lipinski definition) is 7. The number of amides is 1. The number of aryl methyl sites for hydroxylation is 1. The summed E-state index contributed by atoms with van der Waals surface area (Å²) in [5.74, 6) is -2.31. The molecule has 0 aromatic carbocycles. The molecular weight excluding hydrogens is 412 g/mol. The average molecular weight is 441 g/mol. The first-order valence-corrected chi connectivity index (χ1v) is 10.4. The van der Waals surface area contributed by atoms with E-state index in [9.17, 15) is 19.5 Å². The minimum absolute atomic E-state index is 0.0134. The number of likely N-dealkylation sites (tertiary alicyclic amines) is 1. The number of carbonyl (C=O) groups is 3. The fourth-order valence-electron chi connectivity index (χ4n) is 3.96. The highest BCUT2D eigenvalue weighted by Gasteiger charge is 2.46. The first kappa shape index (κ1) is 23.2. The molecule has 1 atom stereocenters. The molecule has 9 nitrogen and oxygen atoms in total. The summed E-state index contributed by atoms with van der Waals surface area (Å²) < 4.78 is 5.07. The molecule has 0 radical (unpaired) electrons. The molecule has 0 spiro atoms. The Morgan fingerprint density at radius 1 is 1.25 bits per heavy atom. The van der Waals surface area contributed by atoms with E-state index >= 15 is 0 Å². The Balaban J connectivity index is 2.18. The molecule has 32 heavy (non-hydrogen) atoms. The van der Waals surface area contributed by atoms with Gasteiger partial charge in [-0.2, -0.15) is 0 Å². The van der Waals surface area contributed by atoms with Gasteiger partial charge in [-0.25, -0.2) is 4.79 Å². The maximum absolute atomic E-state index is 13.1. The quantitative estimate of drug-likeness (QED) is 0.293. The van der Waals surface area contributed by atoms with Crippen molar-refractivity contribution in [3.8, 4) is 0 Å². The first-order chi connectivity index (χ1) is 15.2. The van der Waals surface area contributed by atoms with Crippen molar-refractivity contribution in [1.82, 2.24) is 19.8 Å². The summed E-state index contributed by atoms with van der Waals surface area (Å²) in [6.07, 6.45) is 3.15. The van der Waals surface area contributed by atoms with Crippen molar-refractivity contribution >= 4 is 23.4 Å². The summed E-state index contributed by atoms with van der Waals surface area (Å²) in [5.41, 5.74) is 2.12. The Morgan fingerprint density at radius 2 is 1.91 bits per heavy atom. The van der Waals surface area contributed by atoms with E-state index in [0.717, 1.165) is 0 Å². The largest absolute Gasteiger partial charge is 0.507 e. The number of ether oxygens (including phenoxy) is 1. The van der Waals surface area contributed by atoms with Crippen LogP contribution in [0.3, 0.4) is 0 Å². The van der Waals surface area contributed by atoms with Crippen molar-refractivity contribution in [3.63, 3.8) is 0 Å². The van der Waals surface area contributed by atoms with Crippen molar-refractivity contribution in [2.75, 3.05) is 33.8 Å². The summed E-state index contributed by atoms with van der Waals surface area (Å²) in [4.78, 5) is 48.6. The topological polar surface area (TPSA) is 116 Å². The van der Waals surface area contributed by atoms with E-state index in [2.05, 4.69) is 9.97 Å². The van der Waals surface area contributed by atoms with Gasteiger partial charge in [-0.1, -0.05) is 0 Å². The van der Waals surface area contributed by atoms with E-state index in [1.54, 1.807) is 45.3 Å². The number of aliphatic hydroxyl groups is 1. The van der Waals surface area contributed by atoms with Crippen LogP contribution in [0.1, 0.15) is 45.8 Å². The van der Waals surface area contributed by atoms with Crippen LogP contribution in [0.25, 0.3) is 5.76 Å². The maximum atomic E-state index is 13.1. The highest BCUT2D eigenvalue weighted by atomic mass is 16.5. The van der Waals surface area contributed by atoms with Gasteiger partial charge in [0.25, 0.3) is 11.7 Å². The van der Waals surface area contributed by atoms with Crippen LogP contribution in [-0.2, 0) is 14.3 Å². The van der Waals surface area contributed by atoms with Crippen LogP contribution in [0.15, 0.2) is 30.1 Å². The second-order valence-corrected chi connectivity index (χ2v) is 7.92. The molecule has 1 amide bonds. The summed E-state index contributed by atoms with van der Waals surface area (Å²) in [6, 6.07) is 2.67. The fraction of sp³-hybridized carbons (Fsp3) is 0.391. The lowest BCUT2D eigenvalue weighted by Crippen LogP contribution is -2.35. The van der Waals surface area contributed by atoms with Crippen molar-refractivity contribution in [2.45, 2.75) is 26.8 Å². The standard InChI is InChI=1S/C23H28N4O5/c1-6-32-23(31)18-13(2)16(14(3)25-18)20(28)17-19(15-7-9-24-10-8-15)27(12-11-26(4)5)22(30)21(17)29/h7-10,19,25,28H,6,11-12H2,1-5H3/b20-17+/t19-/m0/s1. The summed E-state index contributed by atoms with van der Waals surface area (Å²) in [6.45, 7) is 6.11. The molecule has 2 N–H and O–H groups in total. The third kappa shape index (κ3) is 4.16. The van der Waals surface area contributed by atoms with Gasteiger partial charge in [0.15, 0.2) is 0 Å². The zero-order valence-electron chi connectivity index (χ0n) is 18.9. The summed E-state index contributed by atoms with van der Waals surface area (Å²) >= 11 is 0. The predicted molar refractivity (Wildman–Crippen MR) is 118 cm³/mol. The number of H-pyrrole nitrogens is 1. The molecule has 1 fully saturated rings. The fourth-order valence-corrected chi connectivity index (χ4v) is 3.96. The van der Waals surface area contributed by atoms with Crippen LogP contribution in [-0.4, -0.2) is 76.3 Å². The molecule has 2 aromatic rings. The van der Waals surface area contributed by atoms with E-state index in [0.29, 0.717) is 35.5 Å². The Bertz CT molecular complexity index is 1070. The maximum Gasteiger partial charge on any atom is 0.355 e. The van der Waals surface area contributed by atoms with E-state index < -0.39 is 23.7 Å². The van der Waals surface area contributed by atoms with Gasteiger partial charge in [-0.3, -0.25) is 14.6 Å². The predicted octanol–water partition coefficient (Wildman–Crippen LogP) is 2.19. The number of hydrogen-bond donors (Lipinski definition) is 2. The molecule has 1 aliphatic rings. The number of aromatic amines is 1. The number of rotatable bonds is 7. The van der Waals surface area contributed by atoms with Gasteiger partial charge in [-0.05, 0) is 58.1 Å². The summed E-state index contributed by atoms with van der Waals surface area (Å²) in [7, 11) is 3.75. The second-order valence-electron chi connectivity index (χ2n) is 7.92. The number of nitrogens with zero attached hydrogens (tertiary/aromatic N) is 3. The lowest BCUT2D eigenvalue weighted by Gasteiger charge is -2.26. The third-order valence-electron chi connectivity index (χ3n) is 5.50. The Labute approximate surface area is 186 Å². The minimum atomic E-state index is -0.766. The van der Waals surface area contributed by atoms with Crippen LogP contribution in [0.5, 0.6) is 0 Å². The normalized spacial score (nSPS) is 17.9.